The van der Waals surface area contributed by atoms with Crippen molar-refractivity contribution >= 4 is 11.8 Å². The SMILES string of the molecule is Cc1cc(=O)c(C(=O)NC(C)C(=O)NCC(C)C)c[nH]1. The van der Waals surface area contributed by atoms with E-state index in [1.54, 1.807) is 13.8 Å². The summed E-state index contributed by atoms with van der Waals surface area (Å²) in [4.78, 5) is 38.1. The lowest BCUT2D eigenvalue weighted by Crippen LogP contribution is -2.46. The van der Waals surface area contributed by atoms with Gasteiger partial charge in [-0.25, -0.2) is 0 Å². The molecule has 0 saturated carbocycles. The van der Waals surface area contributed by atoms with Crippen LogP contribution >= 0.6 is 0 Å². The van der Waals surface area contributed by atoms with Crippen LogP contribution in [0.1, 0.15) is 36.8 Å². The van der Waals surface area contributed by atoms with E-state index >= 15 is 0 Å². The lowest BCUT2D eigenvalue weighted by molar-refractivity contribution is -0.122. The fourth-order valence-corrected chi connectivity index (χ4v) is 1.55. The van der Waals surface area contributed by atoms with E-state index in [1.165, 1.54) is 12.3 Å². The molecule has 6 nitrogen and oxygen atoms in total. The van der Waals surface area contributed by atoms with Crippen molar-refractivity contribution < 1.29 is 9.59 Å². The number of H-pyrrole nitrogens is 1. The Bertz CT molecular complexity index is 549. The Kier molecular flexibility index (Phi) is 5.49. The number of aromatic amines is 1. The van der Waals surface area contributed by atoms with Gasteiger partial charge in [0.05, 0.1) is 0 Å². The normalized spacial score (nSPS) is 12.1. The monoisotopic (exact) mass is 279 g/mol. The van der Waals surface area contributed by atoms with Gasteiger partial charge in [0, 0.05) is 24.5 Å². The molecule has 0 bridgehead atoms. The summed E-state index contributed by atoms with van der Waals surface area (Å²) in [5, 5.41) is 5.23. The Balaban J connectivity index is 2.65. The summed E-state index contributed by atoms with van der Waals surface area (Å²) in [5.41, 5.74) is 0.307. The first-order valence-electron chi connectivity index (χ1n) is 6.59. The standard InChI is InChI=1S/C14H21N3O3/c1-8(2)6-16-13(19)10(4)17-14(20)11-7-15-9(3)5-12(11)18/h5,7-8,10H,6H2,1-4H3,(H,15,18)(H,16,19)(H,17,20). The molecule has 1 heterocycles. The van der Waals surface area contributed by atoms with E-state index in [1.807, 2.05) is 13.8 Å². The lowest BCUT2D eigenvalue weighted by atomic mass is 10.2. The van der Waals surface area contributed by atoms with E-state index in [9.17, 15) is 14.4 Å². The quantitative estimate of drug-likeness (QED) is 0.736. The molecule has 1 atom stereocenters. The molecule has 3 N–H and O–H groups in total. The molecular formula is C14H21N3O3. The van der Waals surface area contributed by atoms with E-state index in [-0.39, 0.29) is 16.9 Å². The van der Waals surface area contributed by atoms with E-state index in [0.717, 1.165) is 0 Å². The number of amides is 2. The Labute approximate surface area is 118 Å². The molecule has 0 aliphatic heterocycles. The molecule has 0 fully saturated rings. The van der Waals surface area contributed by atoms with Crippen LogP contribution < -0.4 is 16.1 Å². The van der Waals surface area contributed by atoms with Crippen molar-refractivity contribution in [1.82, 2.24) is 15.6 Å². The van der Waals surface area contributed by atoms with Gasteiger partial charge in [0.2, 0.25) is 5.91 Å². The number of aryl methyl sites for hydroxylation is 1. The Morgan fingerprint density at radius 3 is 2.50 bits per heavy atom. The van der Waals surface area contributed by atoms with Crippen molar-refractivity contribution in [3.8, 4) is 0 Å². The smallest absolute Gasteiger partial charge is 0.257 e. The molecule has 110 valence electrons. The fraction of sp³-hybridized carbons (Fsp3) is 0.500. The van der Waals surface area contributed by atoms with Gasteiger partial charge in [-0.3, -0.25) is 14.4 Å². The van der Waals surface area contributed by atoms with Gasteiger partial charge < -0.3 is 15.6 Å². The van der Waals surface area contributed by atoms with Crippen molar-refractivity contribution in [2.45, 2.75) is 33.7 Å². The summed E-state index contributed by atoms with van der Waals surface area (Å²) < 4.78 is 0. The average Bonchev–Trinajstić information content (AvgIpc) is 2.35. The highest BCUT2D eigenvalue weighted by Crippen LogP contribution is 1.95. The number of rotatable bonds is 5. The van der Waals surface area contributed by atoms with Crippen molar-refractivity contribution in [2.75, 3.05) is 6.54 Å². The van der Waals surface area contributed by atoms with Crippen LogP contribution in [0, 0.1) is 12.8 Å². The first-order chi connectivity index (χ1) is 9.31. The Morgan fingerprint density at radius 2 is 1.95 bits per heavy atom. The molecule has 1 rings (SSSR count). The van der Waals surface area contributed by atoms with Crippen molar-refractivity contribution in [3.05, 3.63) is 33.7 Å². The third-order valence-electron chi connectivity index (χ3n) is 2.73. The highest BCUT2D eigenvalue weighted by molar-refractivity contribution is 5.97. The predicted molar refractivity (Wildman–Crippen MR) is 76.6 cm³/mol. The van der Waals surface area contributed by atoms with Crippen molar-refractivity contribution in [2.24, 2.45) is 5.92 Å². The molecule has 6 heteroatoms. The second kappa shape index (κ2) is 6.88. The molecule has 0 saturated heterocycles. The summed E-state index contributed by atoms with van der Waals surface area (Å²) in [6, 6.07) is 0.653. The van der Waals surface area contributed by atoms with Crippen LogP contribution in [0.15, 0.2) is 17.1 Å². The summed E-state index contributed by atoms with van der Waals surface area (Å²) >= 11 is 0. The van der Waals surface area contributed by atoms with Crippen LogP contribution in [-0.2, 0) is 4.79 Å². The third kappa shape index (κ3) is 4.53. The number of carbonyl (C=O) groups excluding carboxylic acids is 2. The zero-order chi connectivity index (χ0) is 15.3. The molecular weight excluding hydrogens is 258 g/mol. The number of carbonyl (C=O) groups is 2. The maximum Gasteiger partial charge on any atom is 0.257 e. The molecule has 1 aromatic heterocycles. The minimum absolute atomic E-state index is 0.000824. The molecule has 2 amide bonds. The molecule has 1 aromatic rings. The van der Waals surface area contributed by atoms with Crippen molar-refractivity contribution in [3.63, 3.8) is 0 Å². The first kappa shape index (κ1) is 15.9. The van der Waals surface area contributed by atoms with Gasteiger partial charge in [0.25, 0.3) is 5.91 Å². The number of nitrogens with one attached hydrogen (secondary N) is 3. The van der Waals surface area contributed by atoms with Gasteiger partial charge in [-0.05, 0) is 19.8 Å². The zero-order valence-corrected chi connectivity index (χ0v) is 12.2. The number of hydrogen-bond acceptors (Lipinski definition) is 3. The Hall–Kier alpha value is -2.11. The fourth-order valence-electron chi connectivity index (χ4n) is 1.55. The predicted octanol–water partition coefficient (Wildman–Crippen LogP) is 0.574. The maximum absolute atomic E-state index is 11.9. The van der Waals surface area contributed by atoms with Gasteiger partial charge in [-0.1, -0.05) is 13.8 Å². The highest BCUT2D eigenvalue weighted by Gasteiger charge is 2.18. The molecule has 1 unspecified atom stereocenters. The largest absolute Gasteiger partial charge is 0.364 e. The van der Waals surface area contributed by atoms with Gasteiger partial charge in [-0.2, -0.15) is 0 Å². The van der Waals surface area contributed by atoms with Crippen molar-refractivity contribution in [1.29, 1.82) is 0 Å². The number of hydrogen-bond donors (Lipinski definition) is 3. The summed E-state index contributed by atoms with van der Waals surface area (Å²) in [6.07, 6.45) is 1.35. The van der Waals surface area contributed by atoms with Crippen LogP contribution in [0.3, 0.4) is 0 Å². The van der Waals surface area contributed by atoms with Gasteiger partial charge in [0.15, 0.2) is 5.43 Å². The topological polar surface area (TPSA) is 91.1 Å². The number of aromatic nitrogens is 1. The van der Waals surface area contributed by atoms with Crippen LogP contribution in [0.2, 0.25) is 0 Å². The van der Waals surface area contributed by atoms with Crippen LogP contribution in [0.25, 0.3) is 0 Å². The van der Waals surface area contributed by atoms with Crippen LogP contribution in [0.5, 0.6) is 0 Å². The average molecular weight is 279 g/mol. The van der Waals surface area contributed by atoms with Gasteiger partial charge >= 0.3 is 0 Å². The minimum Gasteiger partial charge on any atom is -0.364 e. The summed E-state index contributed by atoms with van der Waals surface area (Å²) in [6.45, 7) is 7.82. The minimum atomic E-state index is -0.693. The van der Waals surface area contributed by atoms with E-state index < -0.39 is 11.9 Å². The van der Waals surface area contributed by atoms with Gasteiger partial charge in [0.1, 0.15) is 11.6 Å². The second-order valence-corrected chi connectivity index (χ2v) is 5.23. The molecule has 0 aliphatic carbocycles. The van der Waals surface area contributed by atoms with Gasteiger partial charge in [-0.15, -0.1) is 0 Å². The molecule has 0 aliphatic rings. The Morgan fingerprint density at radius 1 is 1.30 bits per heavy atom. The maximum atomic E-state index is 11.9. The lowest BCUT2D eigenvalue weighted by Gasteiger charge is -2.15. The third-order valence-corrected chi connectivity index (χ3v) is 2.73. The van der Waals surface area contributed by atoms with E-state index in [4.69, 9.17) is 0 Å². The number of pyridine rings is 1. The molecule has 0 aromatic carbocycles. The molecule has 0 spiro atoms. The van der Waals surface area contributed by atoms with Crippen LogP contribution in [-0.4, -0.2) is 29.4 Å². The summed E-state index contributed by atoms with van der Waals surface area (Å²) in [7, 11) is 0. The first-order valence-corrected chi connectivity index (χ1v) is 6.59. The highest BCUT2D eigenvalue weighted by atomic mass is 16.2. The second-order valence-electron chi connectivity index (χ2n) is 5.23. The zero-order valence-electron chi connectivity index (χ0n) is 12.2. The summed E-state index contributed by atoms with van der Waals surface area (Å²) in [5.74, 6) is -0.490. The van der Waals surface area contributed by atoms with Crippen LogP contribution in [0.4, 0.5) is 0 Å². The molecule has 20 heavy (non-hydrogen) atoms. The molecule has 0 radical (unpaired) electrons. The van der Waals surface area contributed by atoms with E-state index in [2.05, 4.69) is 15.6 Å². The van der Waals surface area contributed by atoms with E-state index in [0.29, 0.717) is 18.2 Å².